The maximum atomic E-state index is 4.99. The van der Waals surface area contributed by atoms with Crippen molar-refractivity contribution in [1.29, 1.82) is 0 Å². The predicted octanol–water partition coefficient (Wildman–Crippen LogP) is 3.11. The lowest BCUT2D eigenvalue weighted by Gasteiger charge is -2.35. The fourth-order valence-corrected chi connectivity index (χ4v) is 4.08. The van der Waals surface area contributed by atoms with E-state index < -0.39 is 0 Å². The van der Waals surface area contributed by atoms with E-state index in [-0.39, 0.29) is 0 Å². The Labute approximate surface area is 162 Å². The fraction of sp³-hybridized carbons (Fsp3) is 0.619. The Morgan fingerprint density at radius 3 is 2.67 bits per heavy atom. The second kappa shape index (κ2) is 7.98. The maximum Gasteiger partial charge on any atom is 0.145 e. The standard InChI is InChI=1S/C21H30N6/c1-15(2)20-22-10-16(11-23-20)13-27-8-5-4-6-19(27)21-24-12-17-14-26(3)9-7-18(17)25-21/h10-12,15,19H,4-9,13-14H2,1-3H3. The van der Waals surface area contributed by atoms with Crippen LogP contribution in [0.4, 0.5) is 0 Å². The van der Waals surface area contributed by atoms with Gasteiger partial charge in [-0.25, -0.2) is 19.9 Å². The molecule has 144 valence electrons. The molecule has 0 saturated carbocycles. The van der Waals surface area contributed by atoms with Gasteiger partial charge in [0.1, 0.15) is 11.6 Å². The lowest BCUT2D eigenvalue weighted by atomic mass is 10.00. The van der Waals surface area contributed by atoms with Gasteiger partial charge in [-0.2, -0.15) is 0 Å². The summed E-state index contributed by atoms with van der Waals surface area (Å²) in [6.45, 7) is 8.24. The summed E-state index contributed by atoms with van der Waals surface area (Å²) >= 11 is 0. The van der Waals surface area contributed by atoms with Crippen molar-refractivity contribution in [3.8, 4) is 0 Å². The smallest absolute Gasteiger partial charge is 0.145 e. The third-order valence-corrected chi connectivity index (χ3v) is 5.68. The molecule has 1 unspecified atom stereocenters. The summed E-state index contributed by atoms with van der Waals surface area (Å²) in [6, 6.07) is 0.300. The minimum atomic E-state index is 0.300. The largest absolute Gasteiger partial charge is 0.302 e. The van der Waals surface area contributed by atoms with Gasteiger partial charge < -0.3 is 4.90 Å². The van der Waals surface area contributed by atoms with Crippen LogP contribution in [0.2, 0.25) is 0 Å². The van der Waals surface area contributed by atoms with Crippen LogP contribution in [-0.4, -0.2) is 49.9 Å². The molecule has 0 N–H and O–H groups in total. The highest BCUT2D eigenvalue weighted by molar-refractivity contribution is 5.21. The highest BCUT2D eigenvalue weighted by atomic mass is 15.2. The molecular weight excluding hydrogens is 336 g/mol. The molecule has 0 spiro atoms. The molecule has 4 heterocycles. The van der Waals surface area contributed by atoms with Gasteiger partial charge in [0.25, 0.3) is 0 Å². The summed E-state index contributed by atoms with van der Waals surface area (Å²) in [5, 5.41) is 0. The maximum absolute atomic E-state index is 4.99. The molecule has 6 nitrogen and oxygen atoms in total. The summed E-state index contributed by atoms with van der Waals surface area (Å²) in [4.78, 5) is 23.7. The number of likely N-dealkylation sites (tertiary alicyclic amines) is 1. The molecule has 6 heteroatoms. The van der Waals surface area contributed by atoms with Crippen LogP contribution in [0, 0.1) is 0 Å². The van der Waals surface area contributed by atoms with Crippen molar-refractivity contribution in [1.82, 2.24) is 29.7 Å². The van der Waals surface area contributed by atoms with Crippen LogP contribution in [0.15, 0.2) is 18.6 Å². The zero-order valence-electron chi connectivity index (χ0n) is 16.7. The molecule has 4 rings (SSSR count). The van der Waals surface area contributed by atoms with E-state index in [0.717, 1.165) is 50.7 Å². The zero-order chi connectivity index (χ0) is 18.8. The van der Waals surface area contributed by atoms with Crippen LogP contribution in [0.25, 0.3) is 0 Å². The summed E-state index contributed by atoms with van der Waals surface area (Å²) < 4.78 is 0. The summed E-state index contributed by atoms with van der Waals surface area (Å²) in [5.74, 6) is 2.28. The van der Waals surface area contributed by atoms with E-state index in [2.05, 4.69) is 46.9 Å². The molecule has 2 aliphatic rings. The van der Waals surface area contributed by atoms with Crippen molar-refractivity contribution in [2.75, 3.05) is 20.1 Å². The first-order valence-electron chi connectivity index (χ1n) is 10.2. The average Bonchev–Trinajstić information content (AvgIpc) is 2.68. The molecule has 0 aliphatic carbocycles. The molecular formula is C21H30N6. The van der Waals surface area contributed by atoms with E-state index in [4.69, 9.17) is 9.97 Å². The Morgan fingerprint density at radius 2 is 1.89 bits per heavy atom. The van der Waals surface area contributed by atoms with E-state index in [1.54, 1.807) is 0 Å². The molecule has 0 bridgehead atoms. The number of fused-ring (bicyclic) bond motifs is 1. The number of aromatic nitrogens is 4. The monoisotopic (exact) mass is 366 g/mol. The number of hydrogen-bond donors (Lipinski definition) is 0. The Morgan fingerprint density at radius 1 is 1.07 bits per heavy atom. The number of rotatable bonds is 4. The van der Waals surface area contributed by atoms with Gasteiger partial charge in [0.15, 0.2) is 0 Å². The molecule has 2 aromatic rings. The Balaban J connectivity index is 1.52. The van der Waals surface area contributed by atoms with Crippen LogP contribution < -0.4 is 0 Å². The van der Waals surface area contributed by atoms with Crippen molar-refractivity contribution < 1.29 is 0 Å². The van der Waals surface area contributed by atoms with E-state index in [0.29, 0.717) is 12.0 Å². The third kappa shape index (κ3) is 4.17. The highest BCUT2D eigenvalue weighted by Gasteiger charge is 2.27. The van der Waals surface area contributed by atoms with Gasteiger partial charge >= 0.3 is 0 Å². The number of likely N-dealkylation sites (N-methyl/N-ethyl adjacent to an activating group) is 1. The lowest BCUT2D eigenvalue weighted by molar-refractivity contribution is 0.133. The molecule has 1 fully saturated rings. The molecule has 1 atom stereocenters. The SMILES string of the molecule is CC(C)c1ncc(CN2CCCCC2c2ncc3c(n2)CCN(C)C3)cn1. The van der Waals surface area contributed by atoms with Gasteiger partial charge in [-0.05, 0) is 26.4 Å². The molecule has 2 aromatic heterocycles. The van der Waals surface area contributed by atoms with Crippen LogP contribution in [-0.2, 0) is 19.5 Å². The molecule has 27 heavy (non-hydrogen) atoms. The van der Waals surface area contributed by atoms with Crippen molar-refractivity contribution in [2.24, 2.45) is 0 Å². The summed E-state index contributed by atoms with van der Waals surface area (Å²) in [6.07, 6.45) is 10.7. The normalized spacial score (nSPS) is 21.4. The van der Waals surface area contributed by atoms with Crippen molar-refractivity contribution >= 4 is 0 Å². The Kier molecular flexibility index (Phi) is 5.45. The second-order valence-electron chi connectivity index (χ2n) is 8.27. The number of piperidine rings is 1. The first-order chi connectivity index (χ1) is 13.1. The second-order valence-corrected chi connectivity index (χ2v) is 8.27. The quantitative estimate of drug-likeness (QED) is 0.829. The van der Waals surface area contributed by atoms with Gasteiger partial charge in [0.2, 0.25) is 0 Å². The Bertz CT molecular complexity index is 773. The topological polar surface area (TPSA) is 58.0 Å². The van der Waals surface area contributed by atoms with E-state index in [9.17, 15) is 0 Å². The first-order valence-corrected chi connectivity index (χ1v) is 10.2. The van der Waals surface area contributed by atoms with Gasteiger partial charge in [-0.3, -0.25) is 4.90 Å². The average molecular weight is 367 g/mol. The van der Waals surface area contributed by atoms with Gasteiger partial charge in [0.05, 0.1) is 6.04 Å². The third-order valence-electron chi connectivity index (χ3n) is 5.68. The van der Waals surface area contributed by atoms with Gasteiger partial charge in [0, 0.05) is 67.4 Å². The fourth-order valence-electron chi connectivity index (χ4n) is 4.08. The van der Waals surface area contributed by atoms with Crippen molar-refractivity contribution in [3.63, 3.8) is 0 Å². The van der Waals surface area contributed by atoms with Crippen LogP contribution in [0.5, 0.6) is 0 Å². The number of nitrogens with zero attached hydrogens (tertiary/aromatic N) is 6. The molecule has 2 aliphatic heterocycles. The Hall–Kier alpha value is -1.92. The van der Waals surface area contributed by atoms with E-state index in [1.165, 1.54) is 29.7 Å². The minimum absolute atomic E-state index is 0.300. The molecule has 0 aromatic carbocycles. The van der Waals surface area contributed by atoms with Crippen LogP contribution >= 0.6 is 0 Å². The molecule has 1 saturated heterocycles. The van der Waals surface area contributed by atoms with Crippen LogP contribution in [0.3, 0.4) is 0 Å². The van der Waals surface area contributed by atoms with E-state index >= 15 is 0 Å². The summed E-state index contributed by atoms with van der Waals surface area (Å²) in [7, 11) is 2.16. The molecule has 0 radical (unpaired) electrons. The van der Waals surface area contributed by atoms with Crippen molar-refractivity contribution in [2.45, 2.75) is 64.6 Å². The van der Waals surface area contributed by atoms with Gasteiger partial charge in [-0.1, -0.05) is 20.3 Å². The predicted molar refractivity (Wildman–Crippen MR) is 105 cm³/mol. The van der Waals surface area contributed by atoms with Crippen LogP contribution in [0.1, 0.15) is 73.5 Å². The molecule has 0 amide bonds. The summed E-state index contributed by atoms with van der Waals surface area (Å²) in [5.41, 5.74) is 3.70. The lowest BCUT2D eigenvalue weighted by Crippen LogP contribution is -2.35. The van der Waals surface area contributed by atoms with Crippen molar-refractivity contribution in [3.05, 3.63) is 47.1 Å². The highest BCUT2D eigenvalue weighted by Crippen LogP contribution is 2.31. The van der Waals surface area contributed by atoms with E-state index in [1.807, 2.05) is 12.4 Å². The minimum Gasteiger partial charge on any atom is -0.302 e. The first kappa shape index (κ1) is 18.4. The zero-order valence-corrected chi connectivity index (χ0v) is 16.7. The van der Waals surface area contributed by atoms with Gasteiger partial charge in [-0.15, -0.1) is 0 Å². The number of hydrogen-bond acceptors (Lipinski definition) is 6.